The van der Waals surface area contributed by atoms with Crippen LogP contribution in [0.2, 0.25) is 0 Å². The van der Waals surface area contributed by atoms with E-state index in [-0.39, 0.29) is 18.2 Å². The van der Waals surface area contributed by atoms with E-state index in [4.69, 9.17) is 14.2 Å². The van der Waals surface area contributed by atoms with Gasteiger partial charge in [-0.05, 0) is 76.1 Å². The number of piperidine rings is 1. The van der Waals surface area contributed by atoms with Crippen molar-refractivity contribution in [2.75, 3.05) is 26.8 Å². The lowest BCUT2D eigenvalue weighted by Crippen LogP contribution is -2.39. The maximum absolute atomic E-state index is 11.9. The van der Waals surface area contributed by atoms with Gasteiger partial charge in [-0.1, -0.05) is 0 Å². The molecule has 150 valence electrons. The van der Waals surface area contributed by atoms with Crippen LogP contribution in [0.3, 0.4) is 0 Å². The molecule has 1 fully saturated rings. The maximum Gasteiger partial charge on any atom is 0.410 e. The van der Waals surface area contributed by atoms with Crippen LogP contribution < -0.4 is 4.74 Å². The van der Waals surface area contributed by atoms with Crippen LogP contribution in [0.5, 0.6) is 5.75 Å². The minimum Gasteiger partial charge on any atom is -0.494 e. The standard InChI is InChI=1S/C21H31NO5/c1-15(2)27-21(24)22-11-9-17(10-12-22)6-5-13-26-18-7-8-19(16(3)14-18)20(23)25-4/h7-8,14-15,17H,5-6,9-13H2,1-4H3. The first-order chi connectivity index (χ1) is 12.9. The number of ether oxygens (including phenoxy) is 3. The molecule has 6 heteroatoms. The van der Waals surface area contributed by atoms with Crippen molar-refractivity contribution in [2.24, 2.45) is 5.92 Å². The molecule has 0 saturated carbocycles. The number of likely N-dealkylation sites (tertiary alicyclic amines) is 1. The number of carbonyl (C=O) groups is 2. The van der Waals surface area contributed by atoms with E-state index in [9.17, 15) is 9.59 Å². The number of esters is 1. The Morgan fingerprint density at radius 1 is 1.22 bits per heavy atom. The lowest BCUT2D eigenvalue weighted by molar-refractivity contribution is 0.0598. The Labute approximate surface area is 161 Å². The van der Waals surface area contributed by atoms with E-state index in [0.717, 1.165) is 50.1 Å². The molecule has 1 saturated heterocycles. The van der Waals surface area contributed by atoms with Gasteiger partial charge in [-0.2, -0.15) is 0 Å². The zero-order valence-electron chi connectivity index (χ0n) is 16.8. The third kappa shape index (κ3) is 6.45. The van der Waals surface area contributed by atoms with Crippen molar-refractivity contribution in [3.8, 4) is 5.75 Å². The van der Waals surface area contributed by atoms with Crippen LogP contribution in [-0.4, -0.2) is 49.9 Å². The first kappa shape index (κ1) is 21.1. The zero-order chi connectivity index (χ0) is 19.8. The summed E-state index contributed by atoms with van der Waals surface area (Å²) >= 11 is 0. The molecule has 1 aliphatic rings. The first-order valence-electron chi connectivity index (χ1n) is 9.68. The molecule has 1 aromatic carbocycles. The van der Waals surface area contributed by atoms with E-state index < -0.39 is 0 Å². The minimum absolute atomic E-state index is 0.0716. The number of carbonyl (C=O) groups excluding carboxylic acids is 2. The summed E-state index contributed by atoms with van der Waals surface area (Å²) in [5.74, 6) is 1.06. The molecule has 0 N–H and O–H groups in total. The van der Waals surface area contributed by atoms with Gasteiger partial charge in [-0.15, -0.1) is 0 Å². The van der Waals surface area contributed by atoms with Crippen LogP contribution >= 0.6 is 0 Å². The number of nitrogens with zero attached hydrogens (tertiary/aromatic N) is 1. The van der Waals surface area contributed by atoms with Gasteiger partial charge in [-0.3, -0.25) is 0 Å². The monoisotopic (exact) mass is 377 g/mol. The summed E-state index contributed by atoms with van der Waals surface area (Å²) < 4.78 is 15.8. The van der Waals surface area contributed by atoms with Crippen LogP contribution in [0.1, 0.15) is 55.5 Å². The highest BCUT2D eigenvalue weighted by molar-refractivity contribution is 5.91. The summed E-state index contributed by atoms with van der Waals surface area (Å²) in [5, 5.41) is 0. The number of rotatable bonds is 7. The van der Waals surface area contributed by atoms with E-state index in [1.807, 2.05) is 26.8 Å². The smallest absolute Gasteiger partial charge is 0.410 e. The molecule has 0 atom stereocenters. The number of benzene rings is 1. The van der Waals surface area contributed by atoms with E-state index >= 15 is 0 Å². The number of methoxy groups -OCH3 is 1. The third-order valence-corrected chi connectivity index (χ3v) is 4.84. The molecule has 1 heterocycles. The summed E-state index contributed by atoms with van der Waals surface area (Å²) in [6.45, 7) is 7.80. The van der Waals surface area contributed by atoms with Crippen molar-refractivity contribution in [3.05, 3.63) is 29.3 Å². The minimum atomic E-state index is -0.331. The van der Waals surface area contributed by atoms with Crippen molar-refractivity contribution in [2.45, 2.75) is 52.6 Å². The van der Waals surface area contributed by atoms with Crippen molar-refractivity contribution in [1.29, 1.82) is 0 Å². The second kappa shape index (κ2) is 10.2. The van der Waals surface area contributed by atoms with E-state index in [2.05, 4.69) is 0 Å². The fourth-order valence-electron chi connectivity index (χ4n) is 3.31. The van der Waals surface area contributed by atoms with Gasteiger partial charge in [-0.25, -0.2) is 9.59 Å². The van der Waals surface area contributed by atoms with Gasteiger partial charge in [0, 0.05) is 13.1 Å². The van der Waals surface area contributed by atoms with Gasteiger partial charge in [0.2, 0.25) is 0 Å². The lowest BCUT2D eigenvalue weighted by Gasteiger charge is -2.31. The maximum atomic E-state index is 11.9. The van der Waals surface area contributed by atoms with E-state index in [1.165, 1.54) is 7.11 Å². The largest absolute Gasteiger partial charge is 0.494 e. The van der Waals surface area contributed by atoms with Crippen LogP contribution in [0.4, 0.5) is 4.79 Å². The highest BCUT2D eigenvalue weighted by atomic mass is 16.6. The van der Waals surface area contributed by atoms with Gasteiger partial charge in [0.05, 0.1) is 25.4 Å². The number of amides is 1. The predicted octanol–water partition coefficient (Wildman–Crippen LogP) is 4.20. The number of hydrogen-bond donors (Lipinski definition) is 0. The van der Waals surface area contributed by atoms with E-state index in [0.29, 0.717) is 18.1 Å². The van der Waals surface area contributed by atoms with Gasteiger partial charge >= 0.3 is 12.1 Å². The Balaban J connectivity index is 1.67. The summed E-state index contributed by atoms with van der Waals surface area (Å²) in [5.41, 5.74) is 1.41. The van der Waals surface area contributed by atoms with Crippen LogP contribution in [0, 0.1) is 12.8 Å². The van der Waals surface area contributed by atoms with Gasteiger partial charge in [0.1, 0.15) is 5.75 Å². The third-order valence-electron chi connectivity index (χ3n) is 4.84. The molecule has 6 nitrogen and oxygen atoms in total. The molecule has 0 radical (unpaired) electrons. The van der Waals surface area contributed by atoms with E-state index in [1.54, 1.807) is 17.0 Å². The summed E-state index contributed by atoms with van der Waals surface area (Å²) in [6, 6.07) is 5.41. The summed E-state index contributed by atoms with van der Waals surface area (Å²) in [6.07, 6.45) is 3.82. The lowest BCUT2D eigenvalue weighted by atomic mass is 9.92. The number of aryl methyl sites for hydroxylation is 1. The Morgan fingerprint density at radius 3 is 2.52 bits per heavy atom. The first-order valence-corrected chi connectivity index (χ1v) is 9.68. The second-order valence-electron chi connectivity index (χ2n) is 7.32. The van der Waals surface area contributed by atoms with Crippen LogP contribution in [-0.2, 0) is 9.47 Å². The van der Waals surface area contributed by atoms with Crippen molar-refractivity contribution in [3.63, 3.8) is 0 Å². The Kier molecular flexibility index (Phi) is 7.95. The molecular weight excluding hydrogens is 346 g/mol. The van der Waals surface area contributed by atoms with Crippen LogP contribution in [0.15, 0.2) is 18.2 Å². The zero-order valence-corrected chi connectivity index (χ0v) is 16.8. The molecule has 1 aliphatic heterocycles. The molecule has 1 aromatic rings. The van der Waals surface area contributed by atoms with Gasteiger partial charge in [0.15, 0.2) is 0 Å². The van der Waals surface area contributed by atoms with Crippen molar-refractivity contribution < 1.29 is 23.8 Å². The van der Waals surface area contributed by atoms with Crippen molar-refractivity contribution in [1.82, 2.24) is 4.90 Å². The number of hydrogen-bond acceptors (Lipinski definition) is 5. The van der Waals surface area contributed by atoms with Gasteiger partial charge < -0.3 is 19.1 Å². The average molecular weight is 377 g/mol. The highest BCUT2D eigenvalue weighted by Gasteiger charge is 2.24. The second-order valence-corrected chi connectivity index (χ2v) is 7.32. The SMILES string of the molecule is COC(=O)c1ccc(OCCCC2CCN(C(=O)OC(C)C)CC2)cc1C. The molecule has 0 aromatic heterocycles. The Hall–Kier alpha value is -2.24. The summed E-state index contributed by atoms with van der Waals surface area (Å²) in [7, 11) is 1.38. The molecule has 2 rings (SSSR count). The molecular formula is C21H31NO5. The average Bonchev–Trinajstić information content (AvgIpc) is 2.64. The fourth-order valence-corrected chi connectivity index (χ4v) is 3.31. The van der Waals surface area contributed by atoms with Gasteiger partial charge in [0.25, 0.3) is 0 Å². The fraction of sp³-hybridized carbons (Fsp3) is 0.619. The predicted molar refractivity (Wildman–Crippen MR) is 103 cm³/mol. The van der Waals surface area contributed by atoms with Crippen LogP contribution in [0.25, 0.3) is 0 Å². The molecule has 1 amide bonds. The molecule has 0 spiro atoms. The molecule has 27 heavy (non-hydrogen) atoms. The molecule has 0 aliphatic carbocycles. The molecule has 0 unspecified atom stereocenters. The summed E-state index contributed by atoms with van der Waals surface area (Å²) in [4.78, 5) is 25.3. The Morgan fingerprint density at radius 2 is 1.93 bits per heavy atom. The quantitative estimate of drug-likeness (QED) is 0.526. The molecule has 0 bridgehead atoms. The Bertz CT molecular complexity index is 635. The highest BCUT2D eigenvalue weighted by Crippen LogP contribution is 2.23. The normalized spacial score (nSPS) is 14.9. The topological polar surface area (TPSA) is 65.1 Å². The van der Waals surface area contributed by atoms with Crippen molar-refractivity contribution >= 4 is 12.1 Å².